The van der Waals surface area contributed by atoms with Crippen LogP contribution in [-0.4, -0.2) is 60.6 Å². The minimum Gasteiger partial charge on any atom is -0.381 e. The van der Waals surface area contributed by atoms with Crippen LogP contribution in [0.25, 0.3) is 0 Å². The third-order valence-corrected chi connectivity index (χ3v) is 7.42. The van der Waals surface area contributed by atoms with Crippen LogP contribution in [0.4, 0.5) is 5.82 Å². The van der Waals surface area contributed by atoms with Gasteiger partial charge in [-0.05, 0) is 50.5 Å². The van der Waals surface area contributed by atoms with Crippen LogP contribution in [0, 0.1) is 11.8 Å². The Morgan fingerprint density at radius 2 is 1.77 bits per heavy atom. The molecule has 1 atom stereocenters. The second-order valence-electron chi connectivity index (χ2n) is 9.05. The number of hydrogen-bond acceptors (Lipinski definition) is 5. The van der Waals surface area contributed by atoms with Crippen LogP contribution >= 0.6 is 11.6 Å². The summed E-state index contributed by atoms with van der Waals surface area (Å²) < 4.78 is 5.47. The van der Waals surface area contributed by atoms with Gasteiger partial charge in [-0.1, -0.05) is 24.4 Å². The predicted octanol–water partition coefficient (Wildman–Crippen LogP) is 3.25. The normalized spacial score (nSPS) is 24.1. The van der Waals surface area contributed by atoms with Crippen molar-refractivity contribution in [2.75, 3.05) is 37.7 Å². The number of pyridine rings is 1. The van der Waals surface area contributed by atoms with E-state index in [0.29, 0.717) is 47.5 Å². The van der Waals surface area contributed by atoms with Crippen LogP contribution in [0.1, 0.15) is 61.7 Å². The molecule has 0 radical (unpaired) electrons. The molecule has 3 aliphatic rings. The molecule has 170 valence electrons. The van der Waals surface area contributed by atoms with Gasteiger partial charge in [0.25, 0.3) is 0 Å². The maximum Gasteiger partial charge on any atom is 0.250 e. The van der Waals surface area contributed by atoms with Gasteiger partial charge >= 0.3 is 0 Å². The van der Waals surface area contributed by atoms with E-state index in [0.717, 1.165) is 58.2 Å². The molecule has 2 N–H and O–H groups in total. The highest BCUT2D eigenvalue weighted by atomic mass is 35.5. The zero-order valence-corrected chi connectivity index (χ0v) is 18.9. The molecular formula is C23H33ClN4O3. The number of amides is 2. The van der Waals surface area contributed by atoms with E-state index in [-0.39, 0.29) is 5.92 Å². The number of likely N-dealkylation sites (tertiary alicyclic amines) is 1. The van der Waals surface area contributed by atoms with Crippen molar-refractivity contribution >= 4 is 29.2 Å². The third kappa shape index (κ3) is 5.14. The molecule has 0 bridgehead atoms. The molecule has 1 aromatic rings. The molecule has 0 spiro atoms. The molecule has 3 saturated heterocycles. The summed E-state index contributed by atoms with van der Waals surface area (Å²) in [6.45, 7) is 4.00. The fraction of sp³-hybridized carbons (Fsp3) is 0.696. The van der Waals surface area contributed by atoms with Crippen molar-refractivity contribution in [2.24, 2.45) is 17.6 Å². The Balaban J connectivity index is 1.42. The number of piperidine rings is 1. The zero-order chi connectivity index (χ0) is 21.8. The molecule has 7 nitrogen and oxygen atoms in total. The number of nitrogens with zero attached hydrogens (tertiary/aromatic N) is 3. The summed E-state index contributed by atoms with van der Waals surface area (Å²) in [7, 11) is 0. The largest absolute Gasteiger partial charge is 0.381 e. The first kappa shape index (κ1) is 22.3. The number of carbonyl (C=O) groups excluding carboxylic acids is 2. The first-order chi connectivity index (χ1) is 15.0. The van der Waals surface area contributed by atoms with Crippen LogP contribution in [0.3, 0.4) is 0 Å². The molecule has 0 aliphatic carbocycles. The quantitative estimate of drug-likeness (QED) is 0.763. The minimum atomic E-state index is -0.526. The van der Waals surface area contributed by atoms with Crippen molar-refractivity contribution in [3.63, 3.8) is 0 Å². The molecular weight excluding hydrogens is 416 g/mol. The maximum absolute atomic E-state index is 13.4. The predicted molar refractivity (Wildman–Crippen MR) is 120 cm³/mol. The zero-order valence-electron chi connectivity index (χ0n) is 18.1. The van der Waals surface area contributed by atoms with Crippen molar-refractivity contribution in [2.45, 2.75) is 57.4 Å². The molecule has 4 rings (SSSR count). The third-order valence-electron chi connectivity index (χ3n) is 7.14. The van der Waals surface area contributed by atoms with Crippen molar-refractivity contribution in [1.82, 2.24) is 9.88 Å². The van der Waals surface area contributed by atoms with Crippen LogP contribution in [-0.2, 0) is 9.53 Å². The lowest BCUT2D eigenvalue weighted by Crippen LogP contribution is -2.50. The number of anilines is 1. The highest BCUT2D eigenvalue weighted by Crippen LogP contribution is 2.34. The monoisotopic (exact) mass is 448 g/mol. The van der Waals surface area contributed by atoms with Gasteiger partial charge in [-0.2, -0.15) is 0 Å². The van der Waals surface area contributed by atoms with E-state index in [1.165, 1.54) is 19.0 Å². The summed E-state index contributed by atoms with van der Waals surface area (Å²) in [4.78, 5) is 33.5. The SMILES string of the molecule is NC(=O)c1cnc(N2CCC(C3CCCCCN3C(=O)C3CCOCC3)CC2)c(Cl)c1. The second-order valence-corrected chi connectivity index (χ2v) is 9.46. The minimum absolute atomic E-state index is 0.126. The molecule has 1 unspecified atom stereocenters. The maximum atomic E-state index is 13.4. The molecule has 3 aliphatic heterocycles. The Morgan fingerprint density at radius 1 is 1.03 bits per heavy atom. The molecule has 8 heteroatoms. The van der Waals surface area contributed by atoms with Crippen molar-refractivity contribution in [3.8, 4) is 0 Å². The van der Waals surface area contributed by atoms with Crippen molar-refractivity contribution < 1.29 is 14.3 Å². The first-order valence-electron chi connectivity index (χ1n) is 11.6. The summed E-state index contributed by atoms with van der Waals surface area (Å²) in [6.07, 6.45) is 9.84. The van der Waals surface area contributed by atoms with E-state index in [1.54, 1.807) is 6.07 Å². The Labute approximate surface area is 189 Å². The topological polar surface area (TPSA) is 88.8 Å². The Hall–Kier alpha value is -1.86. The van der Waals surface area contributed by atoms with Crippen molar-refractivity contribution in [3.05, 3.63) is 22.8 Å². The fourth-order valence-corrected chi connectivity index (χ4v) is 5.66. The van der Waals surface area contributed by atoms with E-state index < -0.39 is 5.91 Å². The standard InChI is InChI=1S/C23H33ClN4O3/c24-19-14-18(21(25)29)15-26-22(19)27-10-5-16(6-11-27)20-4-2-1-3-9-28(20)23(30)17-7-12-31-13-8-17/h14-17,20H,1-13H2,(H2,25,29). The number of hydrogen-bond donors (Lipinski definition) is 1. The summed E-state index contributed by atoms with van der Waals surface area (Å²) in [5.74, 6) is 1.16. The van der Waals surface area contributed by atoms with Gasteiger partial charge in [-0.15, -0.1) is 0 Å². The molecule has 0 aromatic carbocycles. The lowest BCUT2D eigenvalue weighted by atomic mass is 9.85. The van der Waals surface area contributed by atoms with E-state index in [2.05, 4.69) is 14.8 Å². The van der Waals surface area contributed by atoms with Gasteiger partial charge in [0, 0.05) is 51.0 Å². The Kier molecular flexibility index (Phi) is 7.33. The van der Waals surface area contributed by atoms with E-state index in [4.69, 9.17) is 22.1 Å². The van der Waals surface area contributed by atoms with E-state index >= 15 is 0 Å². The lowest BCUT2D eigenvalue weighted by Gasteiger charge is -2.42. The van der Waals surface area contributed by atoms with Crippen LogP contribution in [0.15, 0.2) is 12.3 Å². The van der Waals surface area contributed by atoms with Gasteiger partial charge in [0.05, 0.1) is 10.6 Å². The van der Waals surface area contributed by atoms with Crippen LogP contribution in [0.5, 0.6) is 0 Å². The fourth-order valence-electron chi connectivity index (χ4n) is 5.37. The summed E-state index contributed by atoms with van der Waals surface area (Å²) >= 11 is 6.39. The molecule has 2 amide bonds. The van der Waals surface area contributed by atoms with Crippen LogP contribution in [0.2, 0.25) is 5.02 Å². The number of aromatic nitrogens is 1. The van der Waals surface area contributed by atoms with E-state index in [9.17, 15) is 9.59 Å². The molecule has 3 fully saturated rings. The van der Waals surface area contributed by atoms with Gasteiger partial charge < -0.3 is 20.3 Å². The number of carbonyl (C=O) groups is 2. The molecule has 1 aromatic heterocycles. The number of ether oxygens (including phenoxy) is 1. The van der Waals surface area contributed by atoms with Crippen LogP contribution < -0.4 is 10.6 Å². The van der Waals surface area contributed by atoms with Crippen molar-refractivity contribution in [1.29, 1.82) is 0 Å². The first-order valence-corrected chi connectivity index (χ1v) is 12.0. The van der Waals surface area contributed by atoms with E-state index in [1.807, 2.05) is 0 Å². The number of nitrogens with two attached hydrogens (primary N) is 1. The Morgan fingerprint density at radius 3 is 2.45 bits per heavy atom. The lowest BCUT2D eigenvalue weighted by molar-refractivity contribution is -0.142. The molecule has 4 heterocycles. The number of halogens is 1. The average molecular weight is 449 g/mol. The average Bonchev–Trinajstić information content (AvgIpc) is 3.05. The van der Waals surface area contributed by atoms with Gasteiger partial charge in [0.15, 0.2) is 0 Å². The molecule has 31 heavy (non-hydrogen) atoms. The smallest absolute Gasteiger partial charge is 0.250 e. The highest BCUT2D eigenvalue weighted by Gasteiger charge is 2.37. The number of rotatable bonds is 4. The highest BCUT2D eigenvalue weighted by molar-refractivity contribution is 6.33. The van der Waals surface area contributed by atoms with Gasteiger partial charge in [0.2, 0.25) is 11.8 Å². The van der Waals surface area contributed by atoms with Gasteiger partial charge in [-0.25, -0.2) is 4.98 Å². The van der Waals surface area contributed by atoms with Gasteiger partial charge in [0.1, 0.15) is 5.82 Å². The summed E-state index contributed by atoms with van der Waals surface area (Å²) in [5, 5.41) is 0.459. The van der Waals surface area contributed by atoms with Gasteiger partial charge in [-0.3, -0.25) is 9.59 Å². The second kappa shape index (κ2) is 10.2. The summed E-state index contributed by atoms with van der Waals surface area (Å²) in [6, 6.07) is 1.93. The summed E-state index contributed by atoms with van der Waals surface area (Å²) in [5.41, 5.74) is 5.65. The Bertz CT molecular complexity index is 791. The molecule has 0 saturated carbocycles. The number of primary amides is 1.